The van der Waals surface area contributed by atoms with Crippen LogP contribution in [0.1, 0.15) is 12.0 Å². The molecule has 156 valence electrons. The first-order chi connectivity index (χ1) is 14.6. The Labute approximate surface area is 174 Å². The van der Waals surface area contributed by atoms with Crippen LogP contribution in [0.25, 0.3) is 0 Å². The highest BCUT2D eigenvalue weighted by molar-refractivity contribution is 6.00. The number of nitrogens with zero attached hydrogens (tertiary/aromatic N) is 4. The maximum atomic E-state index is 14.2. The molecular formula is C22H24FN5O2. The number of hydrogen-bond donors (Lipinski definition) is 1. The normalized spacial score (nSPS) is 26.7. The summed E-state index contributed by atoms with van der Waals surface area (Å²) in [5.74, 6) is -0.699. The number of carbonyl (C=O) groups is 2. The summed E-state index contributed by atoms with van der Waals surface area (Å²) in [5.41, 5.74) is 1.40. The third kappa shape index (κ3) is 2.95. The molecule has 1 N–H and O–H groups in total. The number of urea groups is 1. The molecular weight excluding hydrogens is 385 g/mol. The Kier molecular flexibility index (Phi) is 4.67. The third-order valence-corrected chi connectivity index (χ3v) is 6.24. The second-order valence-corrected chi connectivity index (χ2v) is 7.96. The molecule has 0 spiro atoms. The Morgan fingerprint density at radius 2 is 1.77 bits per heavy atom. The van der Waals surface area contributed by atoms with E-state index in [4.69, 9.17) is 0 Å². The molecule has 0 saturated carbocycles. The minimum atomic E-state index is -0.504. The lowest BCUT2D eigenvalue weighted by atomic mass is 10.1. The number of amides is 3. The lowest BCUT2D eigenvalue weighted by Gasteiger charge is -2.43. The second kappa shape index (κ2) is 7.37. The standard InChI is InChI=1S/C22H24FN5O2/c1-25-19-18(20(29)28(22(25)30)14-15-8-5-6-11-17(15)23)27-13-7-12-26(21(27)24-19)16-9-3-2-4-10-16/h2-6,8-11,18-19,21,24H,7,12-14H2,1H3. The average molecular weight is 409 g/mol. The van der Waals surface area contributed by atoms with Crippen molar-refractivity contribution in [2.45, 2.75) is 31.5 Å². The van der Waals surface area contributed by atoms with Gasteiger partial charge in [-0.15, -0.1) is 0 Å². The van der Waals surface area contributed by atoms with Crippen LogP contribution >= 0.6 is 0 Å². The molecule has 3 amide bonds. The van der Waals surface area contributed by atoms with E-state index >= 15 is 0 Å². The van der Waals surface area contributed by atoms with E-state index < -0.39 is 24.1 Å². The molecule has 5 rings (SSSR count). The summed E-state index contributed by atoms with van der Waals surface area (Å²) in [6.07, 6.45) is 0.314. The van der Waals surface area contributed by atoms with Crippen LogP contribution in [0.15, 0.2) is 54.6 Å². The van der Waals surface area contributed by atoms with Crippen molar-refractivity contribution in [2.75, 3.05) is 25.0 Å². The summed E-state index contributed by atoms with van der Waals surface area (Å²) in [7, 11) is 1.69. The Balaban J connectivity index is 1.45. The number of rotatable bonds is 3. The van der Waals surface area contributed by atoms with Crippen molar-refractivity contribution in [1.82, 2.24) is 20.0 Å². The summed E-state index contributed by atoms with van der Waals surface area (Å²) in [6, 6.07) is 15.4. The maximum absolute atomic E-state index is 14.2. The van der Waals surface area contributed by atoms with Gasteiger partial charge in [0.1, 0.15) is 24.3 Å². The largest absolute Gasteiger partial charge is 0.343 e. The van der Waals surface area contributed by atoms with E-state index in [1.54, 1.807) is 30.1 Å². The zero-order chi connectivity index (χ0) is 20.8. The molecule has 3 aliphatic rings. The summed E-state index contributed by atoms with van der Waals surface area (Å²) in [5, 5.41) is 3.49. The predicted molar refractivity (Wildman–Crippen MR) is 110 cm³/mol. The molecule has 3 aliphatic heterocycles. The van der Waals surface area contributed by atoms with Crippen molar-refractivity contribution in [2.24, 2.45) is 0 Å². The van der Waals surface area contributed by atoms with Crippen molar-refractivity contribution in [1.29, 1.82) is 0 Å². The maximum Gasteiger partial charge on any atom is 0.328 e. The summed E-state index contributed by atoms with van der Waals surface area (Å²) in [6.45, 7) is 1.55. The van der Waals surface area contributed by atoms with Crippen LogP contribution in [0.3, 0.4) is 0 Å². The van der Waals surface area contributed by atoms with Gasteiger partial charge in [0, 0.05) is 31.4 Å². The number of nitrogens with one attached hydrogen (secondary N) is 1. The van der Waals surface area contributed by atoms with Crippen molar-refractivity contribution in [3.8, 4) is 0 Å². The van der Waals surface area contributed by atoms with Crippen LogP contribution in [0, 0.1) is 5.82 Å². The van der Waals surface area contributed by atoms with Gasteiger partial charge < -0.3 is 9.80 Å². The number of anilines is 1. The molecule has 2 aromatic rings. The number of hydrogen-bond acceptors (Lipinski definition) is 5. The topological polar surface area (TPSA) is 59.1 Å². The molecule has 0 aliphatic carbocycles. The minimum absolute atomic E-state index is 0.0706. The molecule has 3 unspecified atom stereocenters. The minimum Gasteiger partial charge on any atom is -0.343 e. The van der Waals surface area contributed by atoms with Gasteiger partial charge in [-0.3, -0.25) is 19.9 Å². The third-order valence-electron chi connectivity index (χ3n) is 6.24. The number of carbonyl (C=O) groups excluding carboxylic acids is 2. The van der Waals surface area contributed by atoms with Crippen LogP contribution in [0.5, 0.6) is 0 Å². The first-order valence-electron chi connectivity index (χ1n) is 10.2. The first kappa shape index (κ1) is 19.0. The van der Waals surface area contributed by atoms with Gasteiger partial charge >= 0.3 is 6.03 Å². The van der Waals surface area contributed by atoms with E-state index in [2.05, 4.69) is 15.1 Å². The van der Waals surface area contributed by atoms with Gasteiger partial charge in [-0.2, -0.15) is 0 Å². The van der Waals surface area contributed by atoms with Gasteiger partial charge in [-0.1, -0.05) is 36.4 Å². The van der Waals surface area contributed by atoms with Crippen LogP contribution in [0.4, 0.5) is 14.9 Å². The van der Waals surface area contributed by atoms with E-state index in [0.717, 1.165) is 25.2 Å². The molecule has 3 fully saturated rings. The fraction of sp³-hybridized carbons (Fsp3) is 0.364. The molecule has 7 nitrogen and oxygen atoms in total. The molecule has 0 aromatic heterocycles. The summed E-state index contributed by atoms with van der Waals surface area (Å²) < 4.78 is 14.2. The van der Waals surface area contributed by atoms with E-state index in [-0.39, 0.29) is 18.7 Å². The number of imide groups is 1. The van der Waals surface area contributed by atoms with Crippen LogP contribution in [-0.4, -0.2) is 65.3 Å². The smallest absolute Gasteiger partial charge is 0.328 e. The Morgan fingerprint density at radius 1 is 1.03 bits per heavy atom. The molecule has 3 heterocycles. The monoisotopic (exact) mass is 409 g/mol. The number of halogens is 1. The molecule has 3 atom stereocenters. The van der Waals surface area contributed by atoms with E-state index in [0.29, 0.717) is 5.56 Å². The van der Waals surface area contributed by atoms with Gasteiger partial charge in [0.05, 0.1) is 6.54 Å². The first-order valence-corrected chi connectivity index (χ1v) is 10.2. The van der Waals surface area contributed by atoms with Crippen LogP contribution in [-0.2, 0) is 11.3 Å². The van der Waals surface area contributed by atoms with Crippen molar-refractivity contribution in [3.05, 3.63) is 66.0 Å². The average Bonchev–Trinajstić information content (AvgIpc) is 3.17. The van der Waals surface area contributed by atoms with E-state index in [1.165, 1.54) is 11.0 Å². The van der Waals surface area contributed by atoms with Gasteiger partial charge in [0.25, 0.3) is 5.91 Å². The zero-order valence-corrected chi connectivity index (χ0v) is 16.7. The zero-order valence-electron chi connectivity index (χ0n) is 16.7. The SMILES string of the molecule is CN1C(=O)N(Cc2ccccc2F)C(=O)C2C1NC1N(c3ccccc3)CCCN21. The lowest BCUT2D eigenvalue weighted by molar-refractivity contribution is -0.139. The number of para-hydroxylation sites is 1. The Hall–Kier alpha value is -2.97. The highest BCUT2D eigenvalue weighted by atomic mass is 19.1. The molecule has 0 radical (unpaired) electrons. The number of benzene rings is 2. The molecule has 2 aromatic carbocycles. The van der Waals surface area contributed by atoms with Crippen molar-refractivity contribution in [3.63, 3.8) is 0 Å². The molecule has 8 heteroatoms. The lowest BCUT2D eigenvalue weighted by Crippen LogP contribution is -2.66. The number of likely N-dealkylation sites (N-methyl/N-ethyl adjacent to an activating group) is 1. The Bertz CT molecular complexity index is 971. The van der Waals surface area contributed by atoms with Crippen LogP contribution < -0.4 is 10.2 Å². The number of fused-ring (bicyclic) bond motifs is 3. The summed E-state index contributed by atoms with van der Waals surface area (Å²) >= 11 is 0. The summed E-state index contributed by atoms with van der Waals surface area (Å²) in [4.78, 5) is 33.5. The van der Waals surface area contributed by atoms with Gasteiger partial charge in [0.2, 0.25) is 0 Å². The van der Waals surface area contributed by atoms with Gasteiger partial charge in [0.15, 0.2) is 0 Å². The van der Waals surface area contributed by atoms with E-state index in [9.17, 15) is 14.0 Å². The fourth-order valence-electron chi connectivity index (χ4n) is 4.75. The quantitative estimate of drug-likeness (QED) is 0.841. The Morgan fingerprint density at radius 3 is 2.53 bits per heavy atom. The van der Waals surface area contributed by atoms with Gasteiger partial charge in [-0.25, -0.2) is 9.18 Å². The predicted octanol–water partition coefficient (Wildman–Crippen LogP) is 2.01. The highest BCUT2D eigenvalue weighted by Crippen LogP contribution is 2.33. The van der Waals surface area contributed by atoms with Crippen molar-refractivity contribution < 1.29 is 14.0 Å². The van der Waals surface area contributed by atoms with Crippen LogP contribution in [0.2, 0.25) is 0 Å². The molecule has 30 heavy (non-hydrogen) atoms. The molecule has 3 saturated heterocycles. The second-order valence-electron chi connectivity index (χ2n) is 7.96. The highest BCUT2D eigenvalue weighted by Gasteiger charge is 2.56. The fourth-order valence-corrected chi connectivity index (χ4v) is 4.75. The van der Waals surface area contributed by atoms with Crippen molar-refractivity contribution >= 4 is 17.6 Å². The van der Waals surface area contributed by atoms with Gasteiger partial charge in [-0.05, 0) is 24.6 Å². The molecule has 0 bridgehead atoms. The van der Waals surface area contributed by atoms with E-state index in [1.807, 2.05) is 30.3 Å².